The molecule has 1 aliphatic heterocycles. The molecular weight excluding hydrogens is 378 g/mol. The molecule has 28 heavy (non-hydrogen) atoms. The summed E-state index contributed by atoms with van der Waals surface area (Å²) < 4.78 is 32.0. The van der Waals surface area contributed by atoms with Crippen molar-refractivity contribution < 1.29 is 13.2 Å². The Morgan fingerprint density at radius 3 is 2.64 bits per heavy atom. The Balaban J connectivity index is 1.50. The minimum absolute atomic E-state index is 0.247. The highest BCUT2D eigenvalue weighted by molar-refractivity contribution is 7.92. The second-order valence-electron chi connectivity index (χ2n) is 6.34. The number of sulfonamides is 1. The number of ether oxygens (including phenoxy) is 1. The van der Waals surface area contributed by atoms with Crippen molar-refractivity contribution in [2.45, 2.75) is 6.92 Å². The standard InChI is InChI=1S/C19H25N5O3S/c1-16-22-18(15-19(23-16)24-10-12-27-13-11-24)20-8-9-21-28(25,26)14-7-17-5-3-2-4-6-17/h2-7,14-15,21H,8-13H2,1H3,(H,20,22,23)/b14-7+. The topological polar surface area (TPSA) is 96.5 Å². The number of aryl methyl sites for hydroxylation is 1. The number of anilines is 2. The highest BCUT2D eigenvalue weighted by Gasteiger charge is 2.14. The van der Waals surface area contributed by atoms with Crippen molar-refractivity contribution in [1.82, 2.24) is 14.7 Å². The van der Waals surface area contributed by atoms with Crippen LogP contribution in [0.4, 0.5) is 11.6 Å². The summed E-state index contributed by atoms with van der Waals surface area (Å²) in [5.41, 5.74) is 0.832. The fourth-order valence-electron chi connectivity index (χ4n) is 2.76. The fraction of sp³-hybridized carbons (Fsp3) is 0.368. The highest BCUT2D eigenvalue weighted by Crippen LogP contribution is 2.16. The molecule has 0 aliphatic carbocycles. The summed E-state index contributed by atoms with van der Waals surface area (Å²) in [5, 5.41) is 4.33. The van der Waals surface area contributed by atoms with Crippen molar-refractivity contribution >= 4 is 27.7 Å². The van der Waals surface area contributed by atoms with Crippen molar-refractivity contribution in [3.8, 4) is 0 Å². The number of hydrogen-bond acceptors (Lipinski definition) is 7. The van der Waals surface area contributed by atoms with Crippen LogP contribution in [-0.4, -0.2) is 57.8 Å². The summed E-state index contributed by atoms with van der Waals surface area (Å²) in [7, 11) is -3.49. The number of nitrogens with zero attached hydrogens (tertiary/aromatic N) is 3. The molecule has 1 saturated heterocycles. The van der Waals surface area contributed by atoms with Crippen LogP contribution in [0.25, 0.3) is 6.08 Å². The maximum absolute atomic E-state index is 12.1. The van der Waals surface area contributed by atoms with E-state index in [-0.39, 0.29) is 6.54 Å². The first-order chi connectivity index (χ1) is 13.5. The molecular formula is C19H25N5O3S. The molecule has 1 aromatic heterocycles. The molecule has 0 atom stereocenters. The Hall–Kier alpha value is -2.49. The van der Waals surface area contributed by atoms with Crippen LogP contribution in [-0.2, 0) is 14.8 Å². The molecule has 2 heterocycles. The lowest BCUT2D eigenvalue weighted by Gasteiger charge is -2.28. The van der Waals surface area contributed by atoms with Crippen molar-refractivity contribution in [2.75, 3.05) is 49.6 Å². The minimum atomic E-state index is -3.49. The Morgan fingerprint density at radius 1 is 1.14 bits per heavy atom. The largest absolute Gasteiger partial charge is 0.378 e. The SMILES string of the molecule is Cc1nc(NCCNS(=O)(=O)/C=C/c2ccccc2)cc(N2CCOCC2)n1. The van der Waals surface area contributed by atoms with Crippen LogP contribution in [0.2, 0.25) is 0 Å². The van der Waals surface area contributed by atoms with Gasteiger partial charge in [0.2, 0.25) is 10.0 Å². The lowest BCUT2D eigenvalue weighted by atomic mass is 10.2. The predicted molar refractivity (Wildman–Crippen MR) is 111 cm³/mol. The first kappa shape index (κ1) is 20.2. The molecule has 2 N–H and O–H groups in total. The van der Waals surface area contributed by atoms with Gasteiger partial charge in [0.25, 0.3) is 0 Å². The number of nitrogens with one attached hydrogen (secondary N) is 2. The smallest absolute Gasteiger partial charge is 0.233 e. The predicted octanol–water partition coefficient (Wildman–Crippen LogP) is 1.62. The van der Waals surface area contributed by atoms with Gasteiger partial charge in [-0.15, -0.1) is 0 Å². The molecule has 0 radical (unpaired) electrons. The van der Waals surface area contributed by atoms with Crippen LogP contribution in [0, 0.1) is 6.92 Å². The Kier molecular flexibility index (Phi) is 6.96. The lowest BCUT2D eigenvalue weighted by molar-refractivity contribution is 0.122. The molecule has 8 nitrogen and oxygen atoms in total. The summed E-state index contributed by atoms with van der Waals surface area (Å²) in [6.07, 6.45) is 1.57. The first-order valence-corrected chi connectivity index (χ1v) is 10.7. The molecule has 2 aromatic rings. The Bertz CT molecular complexity index is 897. The number of rotatable bonds is 8. The fourth-order valence-corrected chi connectivity index (χ4v) is 3.58. The van der Waals surface area contributed by atoms with Gasteiger partial charge >= 0.3 is 0 Å². The summed E-state index contributed by atoms with van der Waals surface area (Å²) in [4.78, 5) is 11.0. The van der Waals surface area contributed by atoms with Crippen LogP contribution >= 0.6 is 0 Å². The normalized spacial score (nSPS) is 15.1. The third kappa shape index (κ3) is 6.29. The molecule has 0 bridgehead atoms. The molecule has 1 aliphatic rings. The molecule has 0 spiro atoms. The Labute approximate surface area is 165 Å². The average molecular weight is 404 g/mol. The van der Waals surface area contributed by atoms with Crippen LogP contribution in [0.1, 0.15) is 11.4 Å². The van der Waals surface area contributed by atoms with E-state index < -0.39 is 10.0 Å². The number of hydrogen-bond donors (Lipinski definition) is 2. The monoisotopic (exact) mass is 403 g/mol. The van der Waals surface area contributed by atoms with Crippen LogP contribution in [0.15, 0.2) is 41.8 Å². The van der Waals surface area contributed by atoms with E-state index in [0.29, 0.717) is 31.4 Å². The van der Waals surface area contributed by atoms with Gasteiger partial charge in [-0.2, -0.15) is 0 Å². The van der Waals surface area contributed by atoms with E-state index >= 15 is 0 Å². The van der Waals surface area contributed by atoms with Gasteiger partial charge in [0.05, 0.1) is 13.2 Å². The average Bonchev–Trinajstić information content (AvgIpc) is 2.71. The zero-order valence-electron chi connectivity index (χ0n) is 15.8. The van der Waals surface area contributed by atoms with Crippen LogP contribution in [0.3, 0.4) is 0 Å². The third-order valence-corrected chi connectivity index (χ3v) is 5.23. The molecule has 150 valence electrons. The van der Waals surface area contributed by atoms with Crippen LogP contribution in [0.5, 0.6) is 0 Å². The quantitative estimate of drug-likeness (QED) is 0.647. The van der Waals surface area contributed by atoms with Gasteiger partial charge in [-0.05, 0) is 18.6 Å². The highest BCUT2D eigenvalue weighted by atomic mass is 32.2. The van der Waals surface area contributed by atoms with E-state index in [1.54, 1.807) is 6.08 Å². The van der Waals surface area contributed by atoms with Gasteiger partial charge in [0.1, 0.15) is 17.5 Å². The van der Waals surface area contributed by atoms with Gasteiger partial charge < -0.3 is 15.0 Å². The van der Waals surface area contributed by atoms with Gasteiger partial charge in [-0.1, -0.05) is 30.3 Å². The number of aromatic nitrogens is 2. The maximum atomic E-state index is 12.1. The molecule has 1 fully saturated rings. The molecule has 0 amide bonds. The van der Waals surface area contributed by atoms with E-state index in [9.17, 15) is 8.42 Å². The third-order valence-electron chi connectivity index (χ3n) is 4.13. The Morgan fingerprint density at radius 2 is 1.89 bits per heavy atom. The zero-order valence-corrected chi connectivity index (χ0v) is 16.7. The van der Waals surface area contributed by atoms with Crippen molar-refractivity contribution in [3.05, 3.63) is 53.2 Å². The van der Waals surface area contributed by atoms with E-state index in [1.165, 1.54) is 5.41 Å². The first-order valence-electron chi connectivity index (χ1n) is 9.17. The molecule has 1 aromatic carbocycles. The second kappa shape index (κ2) is 9.63. The van der Waals surface area contributed by atoms with Crippen LogP contribution < -0.4 is 14.9 Å². The van der Waals surface area contributed by atoms with Gasteiger partial charge in [0, 0.05) is 37.7 Å². The zero-order chi connectivity index (χ0) is 19.8. The van der Waals surface area contributed by atoms with Crippen molar-refractivity contribution in [3.63, 3.8) is 0 Å². The van der Waals surface area contributed by atoms with Gasteiger partial charge in [-0.3, -0.25) is 0 Å². The molecule has 0 saturated carbocycles. The van der Waals surface area contributed by atoms with Crippen molar-refractivity contribution in [1.29, 1.82) is 0 Å². The lowest BCUT2D eigenvalue weighted by Crippen LogP contribution is -2.37. The van der Waals surface area contributed by atoms with Gasteiger partial charge in [0.15, 0.2) is 0 Å². The van der Waals surface area contributed by atoms with Crippen molar-refractivity contribution in [2.24, 2.45) is 0 Å². The van der Waals surface area contributed by atoms with E-state index in [0.717, 1.165) is 24.5 Å². The van der Waals surface area contributed by atoms with E-state index in [1.807, 2.05) is 43.3 Å². The van der Waals surface area contributed by atoms with E-state index in [4.69, 9.17) is 4.74 Å². The molecule has 0 unspecified atom stereocenters. The maximum Gasteiger partial charge on any atom is 0.233 e. The van der Waals surface area contributed by atoms with E-state index in [2.05, 4.69) is 24.9 Å². The molecule has 9 heteroatoms. The summed E-state index contributed by atoms with van der Waals surface area (Å²) in [6, 6.07) is 11.2. The summed E-state index contributed by atoms with van der Waals surface area (Å²) >= 11 is 0. The molecule has 3 rings (SSSR count). The minimum Gasteiger partial charge on any atom is -0.378 e. The number of benzene rings is 1. The van der Waals surface area contributed by atoms with Gasteiger partial charge in [-0.25, -0.2) is 23.1 Å². The second-order valence-corrected chi connectivity index (χ2v) is 7.99. The summed E-state index contributed by atoms with van der Waals surface area (Å²) in [6.45, 7) is 5.46. The number of morpholine rings is 1. The summed E-state index contributed by atoms with van der Waals surface area (Å²) in [5.74, 6) is 2.19.